The Kier molecular flexibility index (Phi) is 14.6. The first-order valence-corrected chi connectivity index (χ1v) is 16.2. The number of carbonyl (C=O) groups excluding carboxylic acids is 1. The second-order valence-corrected chi connectivity index (χ2v) is 11.4. The van der Waals surface area contributed by atoms with E-state index in [1.54, 1.807) is 18.4 Å². The molecule has 40 heavy (non-hydrogen) atoms. The highest BCUT2D eigenvalue weighted by molar-refractivity contribution is 7.12. The lowest BCUT2D eigenvalue weighted by Gasteiger charge is -2.15. The molecule has 1 heterocycles. The lowest BCUT2D eigenvalue weighted by atomic mass is 10.1. The van der Waals surface area contributed by atoms with Gasteiger partial charge in [0.15, 0.2) is 17.7 Å². The van der Waals surface area contributed by atoms with Crippen LogP contribution in [0.4, 0.5) is 5.69 Å². The number of rotatable bonds is 20. The van der Waals surface area contributed by atoms with Crippen molar-refractivity contribution in [1.29, 1.82) is 0 Å². The van der Waals surface area contributed by atoms with E-state index in [0.717, 1.165) is 29.8 Å². The number of para-hydroxylation sites is 1. The highest BCUT2D eigenvalue weighted by Crippen LogP contribution is 2.32. The monoisotopic (exact) mass is 565 g/mol. The Balaban J connectivity index is 1.44. The smallest absolute Gasteiger partial charge is 0.269 e. The number of hydrogen-bond donors (Lipinski definition) is 1. The maximum Gasteiger partial charge on any atom is 0.269 e. The third-order valence-electron chi connectivity index (χ3n) is 7.29. The number of aryl methyl sites for hydroxylation is 1. The van der Waals surface area contributed by atoms with Crippen LogP contribution in [0.25, 0.3) is 10.6 Å². The number of amides is 1. The molecule has 1 aromatic heterocycles. The molecule has 6 heteroatoms. The van der Waals surface area contributed by atoms with Crippen LogP contribution in [-0.2, 0) is 17.8 Å². The Morgan fingerprint density at radius 1 is 0.875 bits per heavy atom. The normalized spacial score (nSPS) is 11.0. The van der Waals surface area contributed by atoms with E-state index in [-0.39, 0.29) is 12.3 Å². The second-order valence-electron chi connectivity index (χ2n) is 10.5. The lowest BCUT2D eigenvalue weighted by Crippen LogP contribution is -2.31. The van der Waals surface area contributed by atoms with Gasteiger partial charge in [-0.05, 0) is 37.6 Å². The molecular formula is C34H49N2O3S+. The number of aromatic nitrogens is 1. The highest BCUT2D eigenvalue weighted by atomic mass is 32.1. The summed E-state index contributed by atoms with van der Waals surface area (Å²) in [5.41, 5.74) is 2.73. The van der Waals surface area contributed by atoms with Crippen molar-refractivity contribution in [1.82, 2.24) is 0 Å². The largest absolute Gasteiger partial charge is 0.493 e. The molecule has 0 unspecified atom stereocenters. The Bertz CT molecular complexity index is 1140. The molecule has 0 radical (unpaired) electrons. The van der Waals surface area contributed by atoms with Gasteiger partial charge in [-0.15, -0.1) is 0 Å². The van der Waals surface area contributed by atoms with Crippen molar-refractivity contribution in [3.8, 4) is 22.1 Å². The highest BCUT2D eigenvalue weighted by Gasteiger charge is 2.16. The molecule has 0 bridgehead atoms. The number of carbonyl (C=O) groups is 1. The minimum atomic E-state index is -0.0739. The Morgan fingerprint density at radius 3 is 2.23 bits per heavy atom. The minimum Gasteiger partial charge on any atom is -0.493 e. The van der Waals surface area contributed by atoms with E-state index in [1.807, 2.05) is 36.4 Å². The summed E-state index contributed by atoms with van der Waals surface area (Å²) >= 11 is 1.70. The number of nitrogens with one attached hydrogen (secondary N) is 1. The number of nitrogens with zero attached hydrogens (tertiary/aromatic N) is 1. The second kappa shape index (κ2) is 18.5. The van der Waals surface area contributed by atoms with Gasteiger partial charge in [0, 0.05) is 11.3 Å². The molecule has 218 valence electrons. The Labute approximate surface area is 245 Å². The summed E-state index contributed by atoms with van der Waals surface area (Å²) in [7, 11) is 1.65. The summed E-state index contributed by atoms with van der Waals surface area (Å²) in [5.74, 6) is 1.28. The average Bonchev–Trinajstić information content (AvgIpc) is 3.45. The summed E-state index contributed by atoms with van der Waals surface area (Å²) in [5, 5.41) is 6.34. The van der Waals surface area contributed by atoms with Gasteiger partial charge >= 0.3 is 0 Å². The van der Waals surface area contributed by atoms with E-state index in [2.05, 4.69) is 41.4 Å². The van der Waals surface area contributed by atoms with E-state index < -0.39 is 0 Å². The molecule has 0 aliphatic rings. The lowest BCUT2D eigenvalue weighted by molar-refractivity contribution is -0.678. The van der Waals surface area contributed by atoms with Gasteiger partial charge in [-0.3, -0.25) is 4.79 Å². The van der Waals surface area contributed by atoms with E-state index >= 15 is 0 Å². The van der Waals surface area contributed by atoms with E-state index in [1.165, 1.54) is 75.6 Å². The number of benzene rings is 2. The fraction of sp³-hybridized carbons (Fsp3) is 0.529. The molecule has 1 amide bonds. The maximum atomic E-state index is 13.0. The van der Waals surface area contributed by atoms with Gasteiger partial charge in [-0.2, -0.15) is 4.57 Å². The Hall–Kier alpha value is -2.86. The zero-order valence-corrected chi connectivity index (χ0v) is 25.7. The fourth-order valence-corrected chi connectivity index (χ4v) is 5.96. The molecule has 2 aromatic carbocycles. The molecule has 0 aliphatic heterocycles. The van der Waals surface area contributed by atoms with Gasteiger partial charge in [0.2, 0.25) is 5.91 Å². The van der Waals surface area contributed by atoms with Gasteiger partial charge in [0.25, 0.3) is 5.01 Å². The number of unbranched alkanes of at least 4 members (excludes halogenated alkanes) is 11. The maximum absolute atomic E-state index is 13.0. The Morgan fingerprint density at radius 2 is 1.55 bits per heavy atom. The van der Waals surface area contributed by atoms with Crippen LogP contribution in [0.3, 0.4) is 0 Å². The quantitative estimate of drug-likeness (QED) is 0.110. The van der Waals surface area contributed by atoms with Crippen molar-refractivity contribution >= 4 is 22.9 Å². The van der Waals surface area contributed by atoms with Crippen molar-refractivity contribution in [3.63, 3.8) is 0 Å². The van der Waals surface area contributed by atoms with Crippen LogP contribution in [-0.4, -0.2) is 19.6 Å². The van der Waals surface area contributed by atoms with Gasteiger partial charge in [0.05, 0.1) is 31.1 Å². The van der Waals surface area contributed by atoms with Crippen LogP contribution in [0, 0.1) is 0 Å². The zero-order valence-electron chi connectivity index (χ0n) is 24.9. The van der Waals surface area contributed by atoms with Crippen molar-refractivity contribution in [2.24, 2.45) is 0 Å². The molecule has 3 aromatic rings. The number of anilines is 1. The molecule has 0 atom stereocenters. The first-order chi connectivity index (χ1) is 19.7. The number of methoxy groups -OCH3 is 1. The van der Waals surface area contributed by atoms with E-state index in [0.29, 0.717) is 18.1 Å². The van der Waals surface area contributed by atoms with Gasteiger partial charge in [0.1, 0.15) is 6.54 Å². The number of thiazole rings is 1. The molecule has 5 nitrogen and oxygen atoms in total. The summed E-state index contributed by atoms with van der Waals surface area (Å²) in [6.45, 7) is 5.95. The van der Waals surface area contributed by atoms with Crippen LogP contribution in [0.15, 0.2) is 54.0 Å². The predicted octanol–water partition coefficient (Wildman–Crippen LogP) is 8.99. The van der Waals surface area contributed by atoms with Crippen molar-refractivity contribution in [3.05, 3.63) is 59.6 Å². The molecule has 0 saturated carbocycles. The number of ether oxygens (including phenoxy) is 2. The van der Waals surface area contributed by atoms with Crippen LogP contribution in [0.5, 0.6) is 11.5 Å². The minimum absolute atomic E-state index is 0.0739. The summed E-state index contributed by atoms with van der Waals surface area (Å²) in [4.78, 5) is 13.0. The average molecular weight is 566 g/mol. The zero-order chi connectivity index (χ0) is 28.4. The molecular weight excluding hydrogens is 516 g/mol. The number of hydrogen-bond acceptors (Lipinski definition) is 4. The standard InChI is InChI=1S/C34H48N2O3S/c1-4-6-7-8-9-10-11-12-13-14-15-16-24-39-33-28(19-18-22-31(33)38-3)27-32(37)35-30-21-17-20-29(26-30)34-36(5-2)23-25-40-34/h17-23,25-26H,4-16,24,27H2,1-3H3/p+1. The SMILES string of the molecule is CCCCCCCCCCCCCCOc1c(CC(=O)Nc2cccc(-c3scc[n+]3CC)c2)cccc1OC. The van der Waals surface area contributed by atoms with Crippen LogP contribution in [0.1, 0.15) is 96.5 Å². The molecule has 3 rings (SSSR count). The third kappa shape index (κ3) is 10.6. The summed E-state index contributed by atoms with van der Waals surface area (Å²) < 4.78 is 14.0. The fourth-order valence-electron chi connectivity index (χ4n) is 5.04. The van der Waals surface area contributed by atoms with Crippen molar-refractivity contribution in [2.45, 2.75) is 104 Å². The van der Waals surface area contributed by atoms with Gasteiger partial charge in [-0.1, -0.05) is 107 Å². The van der Waals surface area contributed by atoms with E-state index in [9.17, 15) is 4.79 Å². The molecule has 0 saturated heterocycles. The van der Waals surface area contributed by atoms with Crippen LogP contribution >= 0.6 is 11.3 Å². The first-order valence-electron chi connectivity index (χ1n) is 15.3. The summed E-state index contributed by atoms with van der Waals surface area (Å²) in [6, 6.07) is 13.8. The predicted molar refractivity (Wildman–Crippen MR) is 168 cm³/mol. The van der Waals surface area contributed by atoms with Gasteiger partial charge < -0.3 is 14.8 Å². The van der Waals surface area contributed by atoms with Crippen molar-refractivity contribution < 1.29 is 18.8 Å². The summed E-state index contributed by atoms with van der Waals surface area (Å²) in [6.07, 6.45) is 18.1. The van der Waals surface area contributed by atoms with Crippen LogP contribution in [0.2, 0.25) is 0 Å². The van der Waals surface area contributed by atoms with Crippen molar-refractivity contribution in [2.75, 3.05) is 19.0 Å². The molecule has 0 spiro atoms. The van der Waals surface area contributed by atoms with Gasteiger partial charge in [-0.25, -0.2) is 0 Å². The molecule has 0 aliphatic carbocycles. The molecule has 1 N–H and O–H groups in total. The molecule has 0 fully saturated rings. The first kappa shape index (κ1) is 31.7. The van der Waals surface area contributed by atoms with E-state index in [4.69, 9.17) is 9.47 Å². The third-order valence-corrected chi connectivity index (χ3v) is 8.24. The van der Waals surface area contributed by atoms with Crippen LogP contribution < -0.4 is 19.4 Å². The topological polar surface area (TPSA) is 51.4 Å².